The predicted molar refractivity (Wildman–Crippen MR) is 345 cm³/mol. The van der Waals surface area contributed by atoms with Crippen molar-refractivity contribution in [2.45, 2.75) is 150 Å². The van der Waals surface area contributed by atoms with Gasteiger partial charge in [0.15, 0.2) is 12.0 Å². The number of pyridine rings is 3. The molecular formula is C69H82F3N9O15. The molecule has 3 aromatic carbocycles. The van der Waals surface area contributed by atoms with Crippen LogP contribution in [0.15, 0.2) is 109 Å². The van der Waals surface area contributed by atoms with E-state index in [1.54, 1.807) is 168 Å². The Kier molecular flexibility index (Phi) is 24.5. The molecule has 5 atom stereocenters. The van der Waals surface area contributed by atoms with Crippen molar-refractivity contribution in [3.05, 3.63) is 160 Å². The summed E-state index contributed by atoms with van der Waals surface area (Å²) in [6.07, 6.45) is -8.43. The fourth-order valence-electron chi connectivity index (χ4n) is 9.66. The average Bonchev–Trinajstić information content (AvgIpc) is 1.52. The highest BCUT2D eigenvalue weighted by Gasteiger charge is 2.37. The number of benzene rings is 3. The molecule has 27 heteroatoms. The van der Waals surface area contributed by atoms with Gasteiger partial charge in [-0.05, 0) is 173 Å². The summed E-state index contributed by atoms with van der Waals surface area (Å²) in [6.45, 7) is 21.3. The summed E-state index contributed by atoms with van der Waals surface area (Å²) in [4.78, 5) is 102. The summed E-state index contributed by atoms with van der Waals surface area (Å²) < 4.78 is 73.8. The third-order valence-corrected chi connectivity index (χ3v) is 13.8. The molecule has 0 aliphatic carbocycles. The number of alkyl halides is 3. The van der Waals surface area contributed by atoms with Crippen molar-refractivity contribution in [3.63, 3.8) is 0 Å². The van der Waals surface area contributed by atoms with Crippen LogP contribution < -0.4 is 30.2 Å². The smallest absolute Gasteiger partial charge is 0.407 e. The van der Waals surface area contributed by atoms with E-state index in [2.05, 4.69) is 30.9 Å². The van der Waals surface area contributed by atoms with E-state index in [1.165, 1.54) is 20.8 Å². The highest BCUT2D eigenvalue weighted by molar-refractivity contribution is 6.00. The molecule has 0 saturated carbocycles. The van der Waals surface area contributed by atoms with E-state index >= 15 is 0 Å². The predicted octanol–water partition coefficient (Wildman–Crippen LogP) is 10.3. The van der Waals surface area contributed by atoms with Crippen LogP contribution in [0.25, 0.3) is 0 Å². The maximum Gasteiger partial charge on any atom is 0.407 e. The number of rotatable bonds is 15. The molecular weight excluding hydrogens is 1250 g/mol. The number of carbonyl (C=O) groups is 7. The van der Waals surface area contributed by atoms with Gasteiger partial charge in [-0.3, -0.25) is 19.2 Å². The summed E-state index contributed by atoms with van der Waals surface area (Å²) in [5.41, 5.74) is 3.51. The second-order valence-corrected chi connectivity index (χ2v) is 26.0. The number of halogens is 3. The lowest BCUT2D eigenvalue weighted by molar-refractivity contribution is -0.120. The topological polar surface area (TPSA) is 300 Å². The number of aliphatic hydroxyl groups excluding tert-OH is 2. The molecule has 3 aliphatic heterocycles. The third kappa shape index (κ3) is 23.2. The maximum absolute atomic E-state index is 13.6. The molecule has 9 rings (SSSR count). The van der Waals surface area contributed by atoms with Gasteiger partial charge in [0.25, 0.3) is 17.7 Å². The number of carbonyl (C=O) groups excluding carboxylic acids is 7. The molecule has 0 bridgehead atoms. The summed E-state index contributed by atoms with van der Waals surface area (Å²) in [7, 11) is 0. The van der Waals surface area contributed by atoms with E-state index in [0.717, 1.165) is 16.7 Å². The normalized spacial score (nSPS) is 17.6. The first kappa shape index (κ1) is 73.5. The third-order valence-electron chi connectivity index (χ3n) is 13.8. The maximum atomic E-state index is 13.6. The number of hydrogen-bond acceptors (Lipinski definition) is 18. The summed E-state index contributed by atoms with van der Waals surface area (Å²) in [6, 6.07) is 29.8. The van der Waals surface area contributed by atoms with E-state index in [-0.39, 0.29) is 82.2 Å². The zero-order valence-electron chi connectivity index (χ0n) is 55.7. The van der Waals surface area contributed by atoms with Gasteiger partial charge in [0, 0.05) is 84.7 Å². The molecule has 6 aromatic rings. The van der Waals surface area contributed by atoms with Gasteiger partial charge in [-0.2, -0.15) is 0 Å². The van der Waals surface area contributed by atoms with E-state index in [1.807, 2.05) is 18.2 Å². The average molecular weight is 1330 g/mol. The minimum Gasteiger partial charge on any atom is -0.444 e. The van der Waals surface area contributed by atoms with Crippen molar-refractivity contribution in [1.82, 2.24) is 45.6 Å². The molecule has 3 fully saturated rings. The van der Waals surface area contributed by atoms with Crippen LogP contribution in [0.3, 0.4) is 0 Å². The quantitative estimate of drug-likeness (QED) is 0.0597. The van der Waals surface area contributed by atoms with Crippen molar-refractivity contribution >= 4 is 41.8 Å². The number of aliphatic hydroxyl groups is 2. The number of ketones is 1. The first-order chi connectivity index (χ1) is 45.0. The minimum absolute atomic E-state index is 0.0431. The molecule has 5 unspecified atom stereocenters. The molecule has 3 saturated heterocycles. The number of amides is 6. The summed E-state index contributed by atoms with van der Waals surface area (Å²) in [5, 5.41) is 27.2. The molecule has 0 radical (unpaired) electrons. The molecule has 514 valence electrons. The van der Waals surface area contributed by atoms with Crippen LogP contribution in [-0.4, -0.2) is 168 Å². The zero-order valence-corrected chi connectivity index (χ0v) is 55.7. The lowest BCUT2D eigenvalue weighted by atomic mass is 10.2. The first-order valence-corrected chi connectivity index (χ1v) is 30.9. The lowest BCUT2D eigenvalue weighted by Gasteiger charge is -2.19. The fraction of sp³-hybridized carbons (Fsp3) is 0.420. The number of β-amino-alcohol motifs (C(OH)–C–C–N with tert-alkyl or cyclic N) is 2. The second-order valence-electron chi connectivity index (χ2n) is 26.0. The number of nitrogens with zero attached hydrogens (tertiary/aromatic N) is 6. The van der Waals surface area contributed by atoms with Gasteiger partial charge in [0.1, 0.15) is 58.6 Å². The first-order valence-electron chi connectivity index (χ1n) is 30.9. The van der Waals surface area contributed by atoms with Crippen LogP contribution in [0.1, 0.15) is 127 Å². The van der Waals surface area contributed by atoms with Crippen LogP contribution in [0, 0.1) is 20.8 Å². The van der Waals surface area contributed by atoms with Crippen molar-refractivity contribution in [2.24, 2.45) is 0 Å². The van der Waals surface area contributed by atoms with Crippen LogP contribution in [0.4, 0.5) is 27.6 Å². The van der Waals surface area contributed by atoms with Gasteiger partial charge in [0.2, 0.25) is 17.6 Å². The number of nitrogens with one attached hydrogen (secondary N) is 3. The molecule has 3 aromatic heterocycles. The number of alkyl carbamates (subject to hydrolysis) is 3. The molecule has 24 nitrogen and oxygen atoms in total. The van der Waals surface area contributed by atoms with Gasteiger partial charge in [-0.1, -0.05) is 18.2 Å². The van der Waals surface area contributed by atoms with Gasteiger partial charge in [-0.15, -0.1) is 0 Å². The van der Waals surface area contributed by atoms with Crippen molar-refractivity contribution in [2.75, 3.05) is 39.3 Å². The Morgan fingerprint density at radius 2 is 0.760 bits per heavy atom. The van der Waals surface area contributed by atoms with Gasteiger partial charge >= 0.3 is 18.3 Å². The van der Waals surface area contributed by atoms with Crippen molar-refractivity contribution in [3.8, 4) is 34.9 Å². The van der Waals surface area contributed by atoms with E-state index < -0.39 is 77.5 Å². The number of hydrogen-bond donors (Lipinski definition) is 5. The largest absolute Gasteiger partial charge is 0.444 e. The second kappa shape index (κ2) is 32.0. The van der Waals surface area contributed by atoms with Crippen LogP contribution >= 0.6 is 0 Å². The number of aromatic nitrogens is 3. The number of likely N-dealkylation sites (tertiary alicyclic amines) is 3. The van der Waals surface area contributed by atoms with Crippen LogP contribution in [0.5, 0.6) is 34.9 Å². The summed E-state index contributed by atoms with van der Waals surface area (Å²) >= 11 is 0. The molecule has 96 heavy (non-hydrogen) atoms. The number of aryl methyl sites for hydroxylation is 3. The SMILES string of the molecule is Cc1cc(CNC(=O)OC(C)(C)C)cc(Oc2cccc(C(=O)N3CC(=O)C(F)C3)c2)n1.Cc1cc(CNC(=O)OC(C)(C)C)cc(Oc2cccc(C(=O)N3CC(O)C(F)C3)c2)n1.Cc1cc(CNC(=O)OC(C)(C)C)cc(Oc2cccc(C(=O)N3CC(O)C(F)C3)c2)n1. The Balaban J connectivity index is 0.000000203. The Morgan fingerprint density at radius 1 is 0.458 bits per heavy atom. The highest BCUT2D eigenvalue weighted by Crippen LogP contribution is 2.29. The minimum atomic E-state index is -1.64. The lowest BCUT2D eigenvalue weighted by Crippen LogP contribution is -2.32. The Bertz CT molecular complexity index is 3600. The van der Waals surface area contributed by atoms with E-state index in [4.69, 9.17) is 28.4 Å². The Hall–Kier alpha value is -9.89. The molecule has 5 N–H and O–H groups in total. The standard InChI is InChI=1S/2C23H28FN3O5.C23H26FN3O5/c3*1-14-8-15(11-25-22(30)32-23(2,3)4)9-20(26-14)31-17-7-5-6-16(10-17)21(29)27-12-18(24)19(28)13-27/h2*5-10,18-19,28H,11-13H2,1-4H3,(H,25,30);5-10,18H,11-13H2,1-4H3,(H,25,30). The molecule has 3 aliphatic rings. The Morgan fingerprint density at radius 3 is 1.02 bits per heavy atom. The molecule has 6 heterocycles. The zero-order chi connectivity index (χ0) is 70.4. The van der Waals surface area contributed by atoms with Crippen LogP contribution in [-0.2, 0) is 38.6 Å². The van der Waals surface area contributed by atoms with E-state index in [9.17, 15) is 56.9 Å². The van der Waals surface area contributed by atoms with E-state index in [0.29, 0.717) is 57.2 Å². The summed E-state index contributed by atoms with van der Waals surface area (Å²) in [5.74, 6) is 0.229. The Labute approximate surface area is 554 Å². The van der Waals surface area contributed by atoms with Gasteiger partial charge < -0.3 is 69.3 Å². The molecule has 0 spiro atoms. The van der Waals surface area contributed by atoms with Crippen molar-refractivity contribution < 1.29 is 85.4 Å². The number of Topliss-reactive ketones (excluding diaryl/α,β-unsaturated/α-hetero) is 1. The molecule has 6 amide bonds. The fourth-order valence-corrected chi connectivity index (χ4v) is 9.66. The van der Waals surface area contributed by atoms with Gasteiger partial charge in [-0.25, -0.2) is 42.5 Å². The highest BCUT2D eigenvalue weighted by atomic mass is 19.1. The van der Waals surface area contributed by atoms with Crippen LogP contribution in [0.2, 0.25) is 0 Å². The number of ether oxygens (including phenoxy) is 6. The van der Waals surface area contributed by atoms with Gasteiger partial charge in [0.05, 0.1) is 26.2 Å². The monoisotopic (exact) mass is 1330 g/mol. The van der Waals surface area contributed by atoms with Crippen molar-refractivity contribution in [1.29, 1.82) is 0 Å².